The fourth-order valence-electron chi connectivity index (χ4n) is 15.9. The molecule has 0 saturated heterocycles. The van der Waals surface area contributed by atoms with Crippen molar-refractivity contribution < 1.29 is 14.2 Å². The third-order valence-electron chi connectivity index (χ3n) is 20.4. The van der Waals surface area contributed by atoms with Crippen molar-refractivity contribution in [2.24, 2.45) is 0 Å². The lowest BCUT2D eigenvalue weighted by molar-refractivity contribution is 0.477. The Labute approximate surface area is 599 Å². The van der Waals surface area contributed by atoms with Gasteiger partial charge in [-0.2, -0.15) is 0 Å². The lowest BCUT2D eigenvalue weighted by atomic mass is 10.0. The van der Waals surface area contributed by atoms with Crippen LogP contribution in [0.1, 0.15) is 0 Å². The Morgan fingerprint density at radius 2 is 0.410 bits per heavy atom. The van der Waals surface area contributed by atoms with Gasteiger partial charge < -0.3 is 42.6 Å². The number of aromatic nitrogens is 9. The zero-order valence-electron chi connectivity index (χ0n) is 55.8. The molecular formula is C90H54N12O3. The minimum Gasteiger partial charge on any atom is -0.453 e. The van der Waals surface area contributed by atoms with Crippen molar-refractivity contribution in [1.82, 2.24) is 43.6 Å². The van der Waals surface area contributed by atoms with Crippen LogP contribution < -0.4 is 28.9 Å². The molecule has 22 rings (SSSR count). The molecule has 0 radical (unpaired) electrons. The fraction of sp³-hybridized carbons (Fsp3) is 0. The van der Waals surface area contributed by atoms with Crippen molar-refractivity contribution >= 4 is 117 Å². The summed E-state index contributed by atoms with van der Waals surface area (Å²) in [5.41, 5.74) is 19.6. The second-order valence-electron chi connectivity index (χ2n) is 26.4. The van der Waals surface area contributed by atoms with E-state index in [0.717, 1.165) is 185 Å². The molecule has 0 fully saturated rings. The largest absolute Gasteiger partial charge is 0.453 e. The standard InChI is InChI=1S/C90H54N12O3/c1-4-22-70-64(19-1)67-46-58(97-76-25-7-13-31-82(76)103-83-32-14-8-26-77(83)97)37-40-73(67)100(70)61-49-91-88(92-50-61)55-43-56(89-93-51-62(52-94-89)101-71-23-5-2-20-65(71)68-47-59(38-41-74(68)101)98-78-27-9-15-33-84(78)104-85-34-16-10-28-79(85)98)45-57(44-55)90-95-53-63(54-96-90)102-72-24-6-3-21-66(72)69-48-60(39-42-75(69)102)99-80-29-11-17-35-86(80)105-87-36-18-12-30-81(87)99/h1-54H. The van der Waals surface area contributed by atoms with Crippen molar-refractivity contribution in [2.45, 2.75) is 0 Å². The van der Waals surface area contributed by atoms with Gasteiger partial charge in [-0.25, -0.2) is 29.9 Å². The van der Waals surface area contributed by atoms with Crippen molar-refractivity contribution in [1.29, 1.82) is 0 Å². The molecule has 0 N–H and O–H groups in total. The van der Waals surface area contributed by atoms with Crippen LogP contribution in [0.5, 0.6) is 34.5 Å². The topological polar surface area (TPSA) is 130 Å². The summed E-state index contributed by atoms with van der Waals surface area (Å²) in [6.45, 7) is 0. The Morgan fingerprint density at radius 3 is 0.667 bits per heavy atom. The maximum absolute atomic E-state index is 6.41. The molecule has 15 nitrogen and oxygen atoms in total. The molecule has 0 unspecified atom stereocenters. The van der Waals surface area contributed by atoms with E-state index in [1.807, 2.05) is 146 Å². The van der Waals surface area contributed by atoms with Crippen LogP contribution in [0.15, 0.2) is 328 Å². The van der Waals surface area contributed by atoms with Gasteiger partial charge in [-0.15, -0.1) is 0 Å². The summed E-state index contributed by atoms with van der Waals surface area (Å²) in [4.78, 5) is 38.0. The van der Waals surface area contributed by atoms with Crippen molar-refractivity contribution in [3.8, 4) is 85.7 Å². The summed E-state index contributed by atoms with van der Waals surface area (Å²) in [5, 5.41) is 6.57. The van der Waals surface area contributed by atoms with Crippen LogP contribution in [-0.2, 0) is 0 Å². The van der Waals surface area contributed by atoms with Crippen LogP contribution in [0.3, 0.4) is 0 Å². The van der Waals surface area contributed by atoms with Crippen LogP contribution in [0.2, 0.25) is 0 Å². The van der Waals surface area contributed by atoms with Gasteiger partial charge in [0.15, 0.2) is 52.0 Å². The highest BCUT2D eigenvalue weighted by molar-refractivity contribution is 6.14. The molecule has 13 aromatic carbocycles. The predicted molar refractivity (Wildman–Crippen MR) is 417 cm³/mol. The van der Waals surface area contributed by atoms with Gasteiger partial charge in [0.1, 0.15) is 0 Å². The molecule has 492 valence electrons. The first-order valence-corrected chi connectivity index (χ1v) is 34.8. The second-order valence-corrected chi connectivity index (χ2v) is 26.4. The molecule has 0 saturated carbocycles. The van der Waals surface area contributed by atoms with Gasteiger partial charge in [0.2, 0.25) is 0 Å². The number of rotatable bonds is 9. The summed E-state index contributed by atoms with van der Waals surface area (Å²) in [6.07, 6.45) is 11.4. The highest BCUT2D eigenvalue weighted by Gasteiger charge is 2.31. The summed E-state index contributed by atoms with van der Waals surface area (Å²) in [6, 6.07) is 101. The van der Waals surface area contributed by atoms with E-state index in [-0.39, 0.29) is 0 Å². The number of fused-ring (bicyclic) bond motifs is 15. The Balaban J connectivity index is 0.650. The summed E-state index contributed by atoms with van der Waals surface area (Å²) >= 11 is 0. The van der Waals surface area contributed by atoms with E-state index in [4.69, 9.17) is 44.1 Å². The number of hydrogen-bond donors (Lipinski definition) is 0. The lowest BCUT2D eigenvalue weighted by Crippen LogP contribution is -2.15. The van der Waals surface area contributed by atoms with Crippen molar-refractivity contribution in [3.05, 3.63) is 328 Å². The van der Waals surface area contributed by atoms with Gasteiger partial charge >= 0.3 is 0 Å². The first-order valence-electron chi connectivity index (χ1n) is 34.8. The highest BCUT2D eigenvalue weighted by atomic mass is 16.5. The highest BCUT2D eigenvalue weighted by Crippen LogP contribution is 2.55. The van der Waals surface area contributed by atoms with Crippen LogP contribution >= 0.6 is 0 Å². The van der Waals surface area contributed by atoms with Gasteiger partial charge in [-0.3, -0.25) is 0 Å². The molecule has 0 atom stereocenters. The average molecular weight is 1350 g/mol. The zero-order chi connectivity index (χ0) is 68.8. The fourth-order valence-corrected chi connectivity index (χ4v) is 15.9. The Bertz CT molecular complexity index is 6010. The van der Waals surface area contributed by atoms with Crippen LogP contribution in [-0.4, -0.2) is 43.6 Å². The van der Waals surface area contributed by atoms with E-state index in [2.05, 4.69) is 210 Å². The molecule has 6 aromatic heterocycles. The number of nitrogens with zero attached hydrogens (tertiary/aromatic N) is 12. The lowest BCUT2D eigenvalue weighted by Gasteiger charge is -2.32. The summed E-state index contributed by atoms with van der Waals surface area (Å²) < 4.78 is 25.9. The van der Waals surface area contributed by atoms with Gasteiger partial charge in [0.25, 0.3) is 0 Å². The molecule has 0 spiro atoms. The molecule has 3 aliphatic rings. The molecule has 0 aliphatic carbocycles. The predicted octanol–water partition coefficient (Wildman–Crippen LogP) is 23.1. The quantitative estimate of drug-likeness (QED) is 0.136. The van der Waals surface area contributed by atoms with E-state index in [1.165, 1.54) is 0 Å². The van der Waals surface area contributed by atoms with Crippen molar-refractivity contribution in [2.75, 3.05) is 14.7 Å². The Morgan fingerprint density at radius 1 is 0.190 bits per heavy atom. The van der Waals surface area contributed by atoms with Crippen LogP contribution in [0.4, 0.5) is 51.2 Å². The third-order valence-corrected chi connectivity index (χ3v) is 20.4. The normalized spacial score (nSPS) is 12.7. The van der Waals surface area contributed by atoms with E-state index >= 15 is 0 Å². The third kappa shape index (κ3) is 9.11. The minimum absolute atomic E-state index is 0.505. The maximum Gasteiger partial charge on any atom is 0.159 e. The number of hydrogen-bond acceptors (Lipinski definition) is 12. The summed E-state index contributed by atoms with van der Waals surface area (Å²) in [5.74, 6) is 6.31. The number of ether oxygens (including phenoxy) is 3. The van der Waals surface area contributed by atoms with Crippen molar-refractivity contribution in [3.63, 3.8) is 0 Å². The first-order chi connectivity index (χ1) is 52.0. The Kier molecular flexibility index (Phi) is 12.7. The van der Waals surface area contributed by atoms with E-state index < -0.39 is 0 Å². The van der Waals surface area contributed by atoms with Gasteiger partial charge in [0, 0.05) is 66.1 Å². The number of para-hydroxylation sites is 15. The van der Waals surface area contributed by atoms with E-state index in [1.54, 1.807) is 0 Å². The van der Waals surface area contributed by atoms with Crippen LogP contribution in [0, 0.1) is 0 Å². The van der Waals surface area contributed by atoms with Gasteiger partial charge in [-0.05, 0) is 164 Å². The number of benzene rings is 13. The van der Waals surface area contributed by atoms with Crippen LogP contribution in [0.25, 0.3) is 117 Å². The zero-order valence-corrected chi connectivity index (χ0v) is 55.8. The maximum atomic E-state index is 6.41. The Hall–Kier alpha value is -14.7. The molecule has 15 heteroatoms. The molecule has 9 heterocycles. The van der Waals surface area contributed by atoms with E-state index in [0.29, 0.717) is 17.5 Å². The summed E-state index contributed by atoms with van der Waals surface area (Å²) in [7, 11) is 0. The molecule has 0 bridgehead atoms. The van der Waals surface area contributed by atoms with Gasteiger partial charge in [0.05, 0.1) is 121 Å². The second kappa shape index (κ2) is 22.9. The molecule has 19 aromatic rings. The molecule has 105 heavy (non-hydrogen) atoms. The molecular weight excluding hydrogens is 1300 g/mol. The van der Waals surface area contributed by atoms with E-state index in [9.17, 15) is 0 Å². The SMILES string of the molecule is c1ccc2c(c1)Oc1ccccc1N2c1ccc2c(c1)c1ccccc1n2-c1cnc(-c2cc(-c3ncc(-n4c5ccccc5c5cc(N6c7ccccc7Oc7ccccc76)ccc54)cn3)cc(-c3ncc(-n4c5ccccc5c5cc(N6c7ccccc7Oc7ccccc76)ccc54)cn3)c2)nc1. The number of anilines is 9. The first kappa shape index (κ1) is 58.1. The van der Waals surface area contributed by atoms with Gasteiger partial charge in [-0.1, -0.05) is 127 Å². The monoisotopic (exact) mass is 1350 g/mol. The molecule has 3 aliphatic heterocycles. The average Bonchev–Trinajstić information content (AvgIpc) is 1.67. The minimum atomic E-state index is 0.505. The molecule has 0 amide bonds. The smallest absolute Gasteiger partial charge is 0.159 e.